The zero-order chi connectivity index (χ0) is 14.8. The van der Waals surface area contributed by atoms with Crippen molar-refractivity contribution in [2.24, 2.45) is 11.7 Å². The summed E-state index contributed by atoms with van der Waals surface area (Å²) in [7, 11) is 0. The SMILES string of the molecule is CC(C)C[C@@H]1OC(C)(C)O[C@H]1[C@H](N)Cc1ccccc1. The standard InChI is InChI=1S/C17H27NO2/c1-12(2)10-15-16(20-17(3,4)19-15)14(18)11-13-8-6-5-7-9-13/h5-9,12,14-16H,10-11,18H2,1-4H3/t14-,15+,16+/m1/s1. The van der Waals surface area contributed by atoms with Gasteiger partial charge in [0.2, 0.25) is 0 Å². The number of hydrogen-bond donors (Lipinski definition) is 1. The van der Waals surface area contributed by atoms with E-state index in [4.69, 9.17) is 15.2 Å². The van der Waals surface area contributed by atoms with Crippen LogP contribution in [0.25, 0.3) is 0 Å². The molecule has 1 aliphatic heterocycles. The zero-order valence-corrected chi connectivity index (χ0v) is 13.0. The van der Waals surface area contributed by atoms with Crippen LogP contribution in [0.1, 0.15) is 39.7 Å². The van der Waals surface area contributed by atoms with Crippen molar-refractivity contribution in [3.05, 3.63) is 35.9 Å². The van der Waals surface area contributed by atoms with Crippen molar-refractivity contribution in [2.45, 2.75) is 64.6 Å². The number of nitrogens with two attached hydrogens (primary N) is 1. The van der Waals surface area contributed by atoms with Crippen LogP contribution >= 0.6 is 0 Å². The lowest BCUT2D eigenvalue weighted by molar-refractivity contribution is -0.148. The maximum absolute atomic E-state index is 6.39. The van der Waals surface area contributed by atoms with Gasteiger partial charge in [-0.1, -0.05) is 44.2 Å². The van der Waals surface area contributed by atoms with Crippen LogP contribution in [0.2, 0.25) is 0 Å². The highest BCUT2D eigenvalue weighted by Crippen LogP contribution is 2.33. The quantitative estimate of drug-likeness (QED) is 0.899. The number of hydrogen-bond acceptors (Lipinski definition) is 3. The van der Waals surface area contributed by atoms with E-state index >= 15 is 0 Å². The molecule has 0 spiro atoms. The largest absolute Gasteiger partial charge is 0.345 e. The molecule has 112 valence electrons. The molecule has 0 amide bonds. The average molecular weight is 277 g/mol. The van der Waals surface area contributed by atoms with Gasteiger partial charge in [-0.2, -0.15) is 0 Å². The van der Waals surface area contributed by atoms with Crippen LogP contribution in [0, 0.1) is 5.92 Å². The van der Waals surface area contributed by atoms with Gasteiger partial charge in [0.05, 0.1) is 6.10 Å². The van der Waals surface area contributed by atoms with Crippen molar-refractivity contribution in [1.82, 2.24) is 0 Å². The monoisotopic (exact) mass is 277 g/mol. The van der Waals surface area contributed by atoms with Gasteiger partial charge in [-0.15, -0.1) is 0 Å². The highest BCUT2D eigenvalue weighted by Gasteiger charge is 2.43. The Balaban J connectivity index is 2.04. The molecular formula is C17H27NO2. The second-order valence-electron chi connectivity index (χ2n) is 6.62. The lowest BCUT2D eigenvalue weighted by Gasteiger charge is -2.24. The molecule has 0 aliphatic carbocycles. The van der Waals surface area contributed by atoms with E-state index < -0.39 is 5.79 Å². The van der Waals surface area contributed by atoms with Gasteiger partial charge in [-0.3, -0.25) is 0 Å². The Morgan fingerprint density at radius 1 is 1.15 bits per heavy atom. The summed E-state index contributed by atoms with van der Waals surface area (Å²) in [4.78, 5) is 0. The van der Waals surface area contributed by atoms with E-state index in [2.05, 4.69) is 26.0 Å². The Hall–Kier alpha value is -0.900. The summed E-state index contributed by atoms with van der Waals surface area (Å²) in [6.07, 6.45) is 1.85. The van der Waals surface area contributed by atoms with Gasteiger partial charge < -0.3 is 15.2 Å². The number of ether oxygens (including phenoxy) is 2. The fourth-order valence-electron chi connectivity index (χ4n) is 2.88. The first-order valence-electron chi connectivity index (χ1n) is 7.52. The molecule has 2 rings (SSSR count). The van der Waals surface area contributed by atoms with Gasteiger partial charge in [0, 0.05) is 6.04 Å². The molecule has 1 fully saturated rings. The van der Waals surface area contributed by atoms with Gasteiger partial charge in [-0.25, -0.2) is 0 Å². The maximum Gasteiger partial charge on any atom is 0.163 e. The summed E-state index contributed by atoms with van der Waals surface area (Å²) in [5.74, 6) is 0.0438. The summed E-state index contributed by atoms with van der Waals surface area (Å²) in [6.45, 7) is 8.34. The molecule has 1 saturated heterocycles. The molecule has 3 atom stereocenters. The highest BCUT2D eigenvalue weighted by atomic mass is 16.8. The smallest absolute Gasteiger partial charge is 0.163 e. The first kappa shape index (κ1) is 15.5. The Morgan fingerprint density at radius 3 is 2.40 bits per heavy atom. The van der Waals surface area contributed by atoms with Crippen LogP contribution in [0.5, 0.6) is 0 Å². The van der Waals surface area contributed by atoms with E-state index in [1.165, 1.54) is 5.56 Å². The normalized spacial score (nSPS) is 26.9. The molecule has 20 heavy (non-hydrogen) atoms. The molecule has 1 aliphatic rings. The molecule has 0 aromatic heterocycles. The third-order valence-electron chi connectivity index (χ3n) is 3.66. The van der Waals surface area contributed by atoms with E-state index in [-0.39, 0.29) is 18.2 Å². The molecule has 3 heteroatoms. The first-order chi connectivity index (χ1) is 9.37. The average Bonchev–Trinajstić information content (AvgIpc) is 2.65. The lowest BCUT2D eigenvalue weighted by atomic mass is 9.94. The van der Waals surface area contributed by atoms with Crippen molar-refractivity contribution in [1.29, 1.82) is 0 Å². The molecule has 0 saturated carbocycles. The predicted octanol–water partition coefficient (Wildman–Crippen LogP) is 3.12. The van der Waals surface area contributed by atoms with E-state index in [0.29, 0.717) is 5.92 Å². The summed E-state index contributed by atoms with van der Waals surface area (Å²) in [6, 6.07) is 10.3. The summed E-state index contributed by atoms with van der Waals surface area (Å²) < 4.78 is 12.1. The van der Waals surface area contributed by atoms with E-state index in [9.17, 15) is 0 Å². The fourth-order valence-corrected chi connectivity index (χ4v) is 2.88. The zero-order valence-electron chi connectivity index (χ0n) is 13.0. The second-order valence-corrected chi connectivity index (χ2v) is 6.62. The van der Waals surface area contributed by atoms with Crippen molar-refractivity contribution in [3.63, 3.8) is 0 Å². The van der Waals surface area contributed by atoms with Crippen molar-refractivity contribution < 1.29 is 9.47 Å². The van der Waals surface area contributed by atoms with Gasteiger partial charge in [0.25, 0.3) is 0 Å². The lowest BCUT2D eigenvalue weighted by Crippen LogP contribution is -2.43. The minimum atomic E-state index is -0.529. The van der Waals surface area contributed by atoms with Gasteiger partial charge in [-0.05, 0) is 38.2 Å². The van der Waals surface area contributed by atoms with Crippen LogP contribution in [0.3, 0.4) is 0 Å². The molecule has 1 aromatic carbocycles. The predicted molar refractivity (Wildman–Crippen MR) is 81.4 cm³/mol. The van der Waals surface area contributed by atoms with Crippen molar-refractivity contribution in [3.8, 4) is 0 Å². The minimum absolute atomic E-state index is 0.0346. The molecule has 1 aromatic rings. The Bertz CT molecular complexity index is 416. The molecule has 1 heterocycles. The minimum Gasteiger partial charge on any atom is -0.345 e. The first-order valence-corrected chi connectivity index (χ1v) is 7.52. The van der Waals surface area contributed by atoms with Gasteiger partial charge in [0.1, 0.15) is 6.10 Å². The van der Waals surface area contributed by atoms with E-state index in [1.807, 2.05) is 32.0 Å². The van der Waals surface area contributed by atoms with Gasteiger partial charge >= 0.3 is 0 Å². The van der Waals surface area contributed by atoms with E-state index in [0.717, 1.165) is 12.8 Å². The highest BCUT2D eigenvalue weighted by molar-refractivity contribution is 5.16. The maximum atomic E-state index is 6.39. The summed E-state index contributed by atoms with van der Waals surface area (Å²) in [5, 5.41) is 0. The van der Waals surface area contributed by atoms with Crippen LogP contribution in [-0.2, 0) is 15.9 Å². The third-order valence-corrected chi connectivity index (χ3v) is 3.66. The third kappa shape index (κ3) is 4.05. The second kappa shape index (κ2) is 6.25. The number of benzene rings is 1. The topological polar surface area (TPSA) is 44.5 Å². The van der Waals surface area contributed by atoms with Crippen LogP contribution in [0.15, 0.2) is 30.3 Å². The Kier molecular flexibility index (Phi) is 4.84. The van der Waals surface area contributed by atoms with Gasteiger partial charge in [0.15, 0.2) is 5.79 Å². The van der Waals surface area contributed by atoms with E-state index in [1.54, 1.807) is 0 Å². The molecule has 0 unspecified atom stereocenters. The molecular weight excluding hydrogens is 250 g/mol. The molecule has 0 bridgehead atoms. The molecule has 0 radical (unpaired) electrons. The Labute approximate surface area is 122 Å². The fraction of sp³-hybridized carbons (Fsp3) is 0.647. The number of rotatable bonds is 5. The summed E-state index contributed by atoms with van der Waals surface area (Å²) in [5.41, 5.74) is 7.64. The van der Waals surface area contributed by atoms with Crippen molar-refractivity contribution >= 4 is 0 Å². The molecule has 2 N–H and O–H groups in total. The Morgan fingerprint density at radius 2 is 1.80 bits per heavy atom. The van der Waals surface area contributed by atoms with Crippen LogP contribution in [0.4, 0.5) is 0 Å². The molecule has 3 nitrogen and oxygen atoms in total. The van der Waals surface area contributed by atoms with Crippen LogP contribution in [-0.4, -0.2) is 24.0 Å². The van der Waals surface area contributed by atoms with Crippen molar-refractivity contribution in [2.75, 3.05) is 0 Å². The summed E-state index contributed by atoms with van der Waals surface area (Å²) >= 11 is 0. The van der Waals surface area contributed by atoms with Crippen LogP contribution < -0.4 is 5.73 Å².